The first-order valence-corrected chi connectivity index (χ1v) is 16.1. The first kappa shape index (κ1) is 30.1. The van der Waals surface area contributed by atoms with Crippen LogP contribution in [-0.4, -0.2) is 57.3 Å². The third-order valence-electron chi connectivity index (χ3n) is 8.71. The number of hydrogen-bond acceptors (Lipinski definition) is 6. The highest BCUT2D eigenvalue weighted by Crippen LogP contribution is 2.45. The smallest absolute Gasteiger partial charge is 0.343 e. The summed E-state index contributed by atoms with van der Waals surface area (Å²) in [5.74, 6) is 0.0999. The molecule has 1 N–H and O–H groups in total. The lowest BCUT2D eigenvalue weighted by molar-refractivity contribution is 0.0115. The highest BCUT2D eigenvalue weighted by Gasteiger charge is 2.44. The van der Waals surface area contributed by atoms with Crippen LogP contribution in [0.1, 0.15) is 74.0 Å². The lowest BCUT2D eigenvalue weighted by Gasteiger charge is -2.43. The number of thioether (sulfide) groups is 1. The van der Waals surface area contributed by atoms with Crippen LogP contribution in [-0.2, 0) is 6.54 Å². The van der Waals surface area contributed by atoms with Crippen LogP contribution in [0.2, 0.25) is 5.02 Å². The van der Waals surface area contributed by atoms with E-state index in [1.165, 1.54) is 23.3 Å². The molecular weight excluding hydrogens is 552 g/mol. The fourth-order valence-corrected chi connectivity index (χ4v) is 7.86. The Balaban J connectivity index is 1.15. The van der Waals surface area contributed by atoms with E-state index in [0.717, 1.165) is 43.1 Å². The van der Waals surface area contributed by atoms with Gasteiger partial charge in [0, 0.05) is 39.8 Å². The lowest BCUT2D eigenvalue weighted by Crippen LogP contribution is -2.50. The molecule has 3 aromatic carbocycles. The molecule has 4 atom stereocenters. The summed E-state index contributed by atoms with van der Waals surface area (Å²) < 4.78 is 5.64. The van der Waals surface area contributed by atoms with Gasteiger partial charge in [0.2, 0.25) is 0 Å². The van der Waals surface area contributed by atoms with Crippen molar-refractivity contribution in [2.75, 3.05) is 13.1 Å². The van der Waals surface area contributed by atoms with Crippen molar-refractivity contribution in [3.05, 3.63) is 94.5 Å². The number of ether oxygens (including phenoxy) is 1. The van der Waals surface area contributed by atoms with Gasteiger partial charge in [0.05, 0.1) is 11.7 Å². The van der Waals surface area contributed by atoms with Crippen LogP contribution in [0.3, 0.4) is 0 Å². The lowest BCUT2D eigenvalue weighted by atomic mass is 9.95. The molecule has 0 aliphatic carbocycles. The molecule has 0 amide bonds. The monoisotopic (exact) mass is 592 g/mol. The number of fused-ring (bicyclic) bond motifs is 2. The standard InChI is InChI=1S/C34H41ClN2O3S/c1-4-36(5-2)22-24-6-8-26(9-7-24)34(39)40-30-16-10-25(11-17-30)33(38)23(3)37-28-14-15-29(37)21-32(20-28)41-31-18-12-27(35)13-19-31/h6-13,16-19,23,28-29,32-33,38H,4-5,14-15,20-22H2,1-3H3/t23-,28?,29?,32?,33-/m0/s1. The third-order valence-corrected chi connectivity index (χ3v) is 10.2. The van der Waals surface area contributed by atoms with Crippen LogP contribution >= 0.6 is 23.4 Å². The minimum atomic E-state index is -0.610. The number of rotatable bonds is 11. The summed E-state index contributed by atoms with van der Waals surface area (Å²) in [7, 11) is 0. The number of carbonyl (C=O) groups is 1. The van der Waals surface area contributed by atoms with E-state index < -0.39 is 6.10 Å². The molecule has 2 heterocycles. The van der Waals surface area contributed by atoms with E-state index >= 15 is 0 Å². The van der Waals surface area contributed by atoms with E-state index in [2.05, 4.69) is 42.7 Å². The summed E-state index contributed by atoms with van der Waals surface area (Å²) in [4.78, 5) is 18.9. The van der Waals surface area contributed by atoms with Gasteiger partial charge in [-0.1, -0.05) is 49.7 Å². The van der Waals surface area contributed by atoms with Gasteiger partial charge in [-0.3, -0.25) is 9.80 Å². The van der Waals surface area contributed by atoms with Gasteiger partial charge in [0.15, 0.2) is 0 Å². The predicted molar refractivity (Wildman–Crippen MR) is 168 cm³/mol. The van der Waals surface area contributed by atoms with Gasteiger partial charge in [0.1, 0.15) is 5.75 Å². The minimum Gasteiger partial charge on any atom is -0.423 e. The predicted octanol–water partition coefficient (Wildman–Crippen LogP) is 7.61. The zero-order valence-electron chi connectivity index (χ0n) is 24.2. The Morgan fingerprint density at radius 2 is 1.59 bits per heavy atom. The molecule has 0 spiro atoms. The molecule has 2 fully saturated rings. The van der Waals surface area contributed by atoms with E-state index in [9.17, 15) is 9.90 Å². The maximum atomic E-state index is 12.7. The summed E-state index contributed by atoms with van der Waals surface area (Å²) in [6, 6.07) is 24.1. The van der Waals surface area contributed by atoms with Crippen molar-refractivity contribution >= 4 is 29.3 Å². The number of halogens is 1. The average Bonchev–Trinajstić information content (AvgIpc) is 3.26. The molecule has 3 aromatic rings. The van der Waals surface area contributed by atoms with Crippen LogP contribution in [0.25, 0.3) is 0 Å². The van der Waals surface area contributed by atoms with Gasteiger partial charge in [-0.2, -0.15) is 0 Å². The normalized spacial score (nSPS) is 22.0. The van der Waals surface area contributed by atoms with Crippen molar-refractivity contribution < 1.29 is 14.6 Å². The van der Waals surface area contributed by atoms with Crippen LogP contribution < -0.4 is 4.74 Å². The van der Waals surface area contributed by atoms with E-state index in [4.69, 9.17) is 16.3 Å². The first-order valence-electron chi connectivity index (χ1n) is 14.9. The maximum Gasteiger partial charge on any atom is 0.343 e. The molecule has 0 radical (unpaired) electrons. The Labute approximate surface area is 253 Å². The number of nitrogens with zero attached hydrogens (tertiary/aromatic N) is 2. The molecular formula is C34H41ClN2O3S. The zero-order valence-corrected chi connectivity index (χ0v) is 25.8. The fraction of sp³-hybridized carbons (Fsp3) is 0.441. The Morgan fingerprint density at radius 3 is 2.17 bits per heavy atom. The summed E-state index contributed by atoms with van der Waals surface area (Å²) in [6.45, 7) is 9.29. The van der Waals surface area contributed by atoms with Gasteiger partial charge < -0.3 is 9.84 Å². The Hall–Kier alpha value is -2.35. The second kappa shape index (κ2) is 13.7. The summed E-state index contributed by atoms with van der Waals surface area (Å²) in [5.41, 5.74) is 2.55. The Bertz CT molecular complexity index is 1270. The Kier molecular flexibility index (Phi) is 10.1. The number of carbonyl (C=O) groups excluding carboxylic acids is 1. The molecule has 218 valence electrons. The van der Waals surface area contributed by atoms with Crippen molar-refractivity contribution in [2.24, 2.45) is 0 Å². The second-order valence-corrected chi connectivity index (χ2v) is 13.1. The van der Waals surface area contributed by atoms with E-state index in [0.29, 0.717) is 28.6 Å². The van der Waals surface area contributed by atoms with Crippen molar-refractivity contribution in [3.63, 3.8) is 0 Å². The highest BCUT2D eigenvalue weighted by molar-refractivity contribution is 8.00. The first-order chi connectivity index (χ1) is 19.8. The quantitative estimate of drug-likeness (QED) is 0.183. The van der Waals surface area contributed by atoms with Gasteiger partial charge in [-0.25, -0.2) is 4.79 Å². The van der Waals surface area contributed by atoms with Gasteiger partial charge in [-0.05, 0) is 105 Å². The molecule has 0 saturated carbocycles. The van der Waals surface area contributed by atoms with Crippen molar-refractivity contribution in [3.8, 4) is 5.75 Å². The van der Waals surface area contributed by atoms with Gasteiger partial charge in [-0.15, -0.1) is 11.8 Å². The van der Waals surface area contributed by atoms with Crippen molar-refractivity contribution in [2.45, 2.75) is 87.4 Å². The molecule has 2 bridgehead atoms. The second-order valence-electron chi connectivity index (χ2n) is 11.3. The number of hydrogen-bond donors (Lipinski definition) is 1. The van der Waals surface area contributed by atoms with Crippen LogP contribution in [0.4, 0.5) is 0 Å². The van der Waals surface area contributed by atoms with Crippen molar-refractivity contribution in [1.82, 2.24) is 9.80 Å². The number of benzene rings is 3. The SMILES string of the molecule is CCN(CC)Cc1ccc(C(=O)Oc2ccc([C@@H](O)[C@H](C)N3C4CCC3CC(Sc3ccc(Cl)cc3)C4)cc2)cc1. The summed E-state index contributed by atoms with van der Waals surface area (Å²) in [6.07, 6.45) is 4.02. The van der Waals surface area contributed by atoms with E-state index in [1.807, 2.05) is 60.3 Å². The van der Waals surface area contributed by atoms with E-state index in [1.54, 1.807) is 12.1 Å². The zero-order chi connectivity index (χ0) is 28.9. The largest absolute Gasteiger partial charge is 0.423 e. The Morgan fingerprint density at radius 1 is 0.976 bits per heavy atom. The number of aliphatic hydroxyl groups is 1. The van der Waals surface area contributed by atoms with Gasteiger partial charge >= 0.3 is 5.97 Å². The minimum absolute atomic E-state index is 0.0113. The van der Waals surface area contributed by atoms with E-state index in [-0.39, 0.29) is 12.0 Å². The molecule has 0 aromatic heterocycles. The summed E-state index contributed by atoms with van der Waals surface area (Å²) in [5, 5.41) is 12.7. The van der Waals surface area contributed by atoms with Gasteiger partial charge in [0.25, 0.3) is 0 Å². The van der Waals surface area contributed by atoms with Crippen LogP contribution in [0.5, 0.6) is 5.75 Å². The molecule has 5 nitrogen and oxygen atoms in total. The third kappa shape index (κ3) is 7.36. The number of aliphatic hydroxyl groups excluding tert-OH is 1. The highest BCUT2D eigenvalue weighted by atomic mass is 35.5. The molecule has 41 heavy (non-hydrogen) atoms. The molecule has 2 aliphatic heterocycles. The van der Waals surface area contributed by atoms with Crippen LogP contribution in [0.15, 0.2) is 77.7 Å². The van der Waals surface area contributed by atoms with Crippen LogP contribution in [0, 0.1) is 0 Å². The molecule has 5 rings (SSSR count). The number of piperidine rings is 1. The van der Waals surface area contributed by atoms with Crippen molar-refractivity contribution in [1.29, 1.82) is 0 Å². The molecule has 2 saturated heterocycles. The topological polar surface area (TPSA) is 53.0 Å². The summed E-state index contributed by atoms with van der Waals surface area (Å²) >= 11 is 8.02. The molecule has 2 unspecified atom stereocenters. The molecule has 7 heteroatoms. The fourth-order valence-electron chi connectivity index (χ4n) is 6.42. The maximum absolute atomic E-state index is 12.7. The molecule has 2 aliphatic rings. The number of esters is 1. The average molecular weight is 593 g/mol.